The van der Waals surface area contributed by atoms with Crippen molar-refractivity contribution in [2.75, 3.05) is 6.54 Å². The van der Waals surface area contributed by atoms with Crippen LogP contribution in [0.3, 0.4) is 0 Å². The van der Waals surface area contributed by atoms with Gasteiger partial charge in [-0.15, -0.1) is 0 Å². The third-order valence-corrected chi connectivity index (χ3v) is 4.18. The Kier molecular flexibility index (Phi) is 3.66. The van der Waals surface area contributed by atoms with Crippen molar-refractivity contribution in [2.45, 2.75) is 12.6 Å². The second-order valence-corrected chi connectivity index (χ2v) is 5.71. The summed E-state index contributed by atoms with van der Waals surface area (Å²) in [6.07, 6.45) is -0.118. The van der Waals surface area contributed by atoms with Crippen LogP contribution in [0, 0.1) is 10.1 Å². The Morgan fingerprint density at radius 3 is 2.52 bits per heavy atom. The van der Waals surface area contributed by atoms with Gasteiger partial charge in [0.2, 0.25) is 12.1 Å². The molecule has 2 aliphatic heterocycles. The maximum atomic E-state index is 12.4. The first-order valence-electron chi connectivity index (χ1n) is 7.78. The van der Waals surface area contributed by atoms with Crippen LogP contribution in [0.25, 0.3) is 0 Å². The first kappa shape index (κ1) is 15.3. The SMILES string of the molecule is O=C1CCN2[C@@H](c3ccccc3)ON=C(c3ccc([N+](=O)[O-])cc3)N12. The number of amidine groups is 1. The number of rotatable bonds is 3. The number of nitro groups is 1. The molecule has 0 spiro atoms. The third kappa shape index (κ3) is 2.62. The molecule has 2 heterocycles. The third-order valence-electron chi connectivity index (χ3n) is 4.18. The van der Waals surface area contributed by atoms with Crippen LogP contribution in [0.15, 0.2) is 59.8 Å². The number of benzene rings is 2. The fourth-order valence-corrected chi connectivity index (χ4v) is 2.97. The normalized spacial score (nSPS) is 20.0. The van der Waals surface area contributed by atoms with Gasteiger partial charge in [0, 0.05) is 36.2 Å². The molecule has 2 aromatic carbocycles. The number of nitro benzene ring substituents is 1. The highest BCUT2D eigenvalue weighted by Gasteiger charge is 2.42. The maximum absolute atomic E-state index is 12.4. The molecule has 0 N–H and O–H groups in total. The lowest BCUT2D eigenvalue weighted by molar-refractivity contribution is -0.384. The van der Waals surface area contributed by atoms with E-state index in [1.165, 1.54) is 17.1 Å². The second kappa shape index (κ2) is 5.99. The number of amides is 1. The molecule has 1 amide bonds. The molecule has 0 aliphatic carbocycles. The molecule has 0 saturated carbocycles. The summed E-state index contributed by atoms with van der Waals surface area (Å²) in [5.41, 5.74) is 1.46. The zero-order chi connectivity index (χ0) is 17.4. The molecular formula is C17H14N4O4. The van der Waals surface area contributed by atoms with E-state index >= 15 is 0 Å². The van der Waals surface area contributed by atoms with Crippen LogP contribution < -0.4 is 0 Å². The highest BCUT2D eigenvalue weighted by molar-refractivity contribution is 6.08. The molecule has 126 valence electrons. The minimum Gasteiger partial charge on any atom is -0.368 e. The topological polar surface area (TPSA) is 88.3 Å². The summed E-state index contributed by atoms with van der Waals surface area (Å²) < 4.78 is 0. The lowest BCUT2D eigenvalue weighted by Gasteiger charge is -2.37. The number of oxime groups is 1. The van der Waals surface area contributed by atoms with Crippen LogP contribution in [0.1, 0.15) is 23.8 Å². The van der Waals surface area contributed by atoms with E-state index < -0.39 is 11.2 Å². The Morgan fingerprint density at radius 2 is 1.84 bits per heavy atom. The number of hydrogen-bond donors (Lipinski definition) is 0. The Labute approximate surface area is 143 Å². The predicted molar refractivity (Wildman–Crippen MR) is 88.1 cm³/mol. The predicted octanol–water partition coefficient (Wildman–Crippen LogP) is 2.43. The van der Waals surface area contributed by atoms with Gasteiger partial charge in [0.05, 0.1) is 4.92 Å². The number of nitrogens with zero attached hydrogens (tertiary/aromatic N) is 4. The van der Waals surface area contributed by atoms with Gasteiger partial charge in [0.25, 0.3) is 5.69 Å². The van der Waals surface area contributed by atoms with Crippen molar-refractivity contribution in [1.29, 1.82) is 0 Å². The Hall–Kier alpha value is -3.26. The minimum atomic E-state index is -0.477. The fraction of sp³-hybridized carbons (Fsp3) is 0.176. The van der Waals surface area contributed by atoms with Crippen molar-refractivity contribution in [3.63, 3.8) is 0 Å². The van der Waals surface area contributed by atoms with Gasteiger partial charge in [0.1, 0.15) is 0 Å². The quantitative estimate of drug-likeness (QED) is 0.633. The molecule has 0 unspecified atom stereocenters. The Balaban J connectivity index is 1.70. The maximum Gasteiger partial charge on any atom is 0.269 e. The van der Waals surface area contributed by atoms with Gasteiger partial charge in [-0.2, -0.15) is 5.01 Å². The fourth-order valence-electron chi connectivity index (χ4n) is 2.97. The van der Waals surface area contributed by atoms with Crippen LogP contribution in [0.2, 0.25) is 0 Å². The summed E-state index contributed by atoms with van der Waals surface area (Å²) >= 11 is 0. The summed E-state index contributed by atoms with van der Waals surface area (Å²) in [5, 5.41) is 18.3. The van der Waals surface area contributed by atoms with E-state index in [2.05, 4.69) is 5.16 Å². The van der Waals surface area contributed by atoms with Gasteiger partial charge in [-0.25, -0.2) is 5.01 Å². The van der Waals surface area contributed by atoms with Gasteiger partial charge >= 0.3 is 0 Å². The molecule has 8 heteroatoms. The number of non-ortho nitro benzene ring substituents is 1. The van der Waals surface area contributed by atoms with Gasteiger partial charge in [-0.3, -0.25) is 14.9 Å². The van der Waals surface area contributed by atoms with Crippen LogP contribution in [-0.2, 0) is 9.63 Å². The Morgan fingerprint density at radius 1 is 1.12 bits per heavy atom. The summed E-state index contributed by atoms with van der Waals surface area (Å²) in [5.74, 6) is 0.255. The lowest BCUT2D eigenvalue weighted by Crippen LogP contribution is -2.49. The molecule has 0 aromatic heterocycles. The second-order valence-electron chi connectivity index (χ2n) is 5.71. The first-order chi connectivity index (χ1) is 12.1. The number of carbonyl (C=O) groups excluding carboxylic acids is 1. The van der Waals surface area contributed by atoms with Crippen molar-refractivity contribution in [2.24, 2.45) is 5.16 Å². The zero-order valence-electron chi connectivity index (χ0n) is 13.1. The highest BCUT2D eigenvalue weighted by Crippen LogP contribution is 2.33. The van der Waals surface area contributed by atoms with E-state index in [-0.39, 0.29) is 11.6 Å². The monoisotopic (exact) mass is 338 g/mol. The van der Waals surface area contributed by atoms with E-state index in [0.29, 0.717) is 24.4 Å². The van der Waals surface area contributed by atoms with Crippen molar-refractivity contribution in [1.82, 2.24) is 10.0 Å². The van der Waals surface area contributed by atoms with E-state index in [4.69, 9.17) is 4.84 Å². The molecule has 1 atom stereocenters. The highest BCUT2D eigenvalue weighted by atomic mass is 16.7. The average molecular weight is 338 g/mol. The zero-order valence-corrected chi connectivity index (χ0v) is 13.1. The number of hydrazine groups is 1. The van der Waals surface area contributed by atoms with Crippen molar-refractivity contribution in [3.05, 3.63) is 75.8 Å². The van der Waals surface area contributed by atoms with Crippen molar-refractivity contribution in [3.8, 4) is 0 Å². The van der Waals surface area contributed by atoms with Crippen LogP contribution in [0.5, 0.6) is 0 Å². The standard InChI is InChI=1S/C17H14N4O4/c22-15-10-11-19-17(13-4-2-1-3-5-13)25-18-16(20(15)19)12-6-8-14(9-7-12)21(23)24/h1-9,17H,10-11H2/t17-/m1/s1. The van der Waals surface area contributed by atoms with Gasteiger partial charge in [-0.05, 0) is 12.1 Å². The number of carbonyl (C=O) groups is 1. The average Bonchev–Trinajstić information content (AvgIpc) is 3.04. The largest absolute Gasteiger partial charge is 0.368 e. The van der Waals surface area contributed by atoms with E-state index in [0.717, 1.165) is 5.56 Å². The first-order valence-corrected chi connectivity index (χ1v) is 7.78. The molecule has 25 heavy (non-hydrogen) atoms. The smallest absolute Gasteiger partial charge is 0.269 e. The van der Waals surface area contributed by atoms with Gasteiger partial charge in [0.15, 0.2) is 5.84 Å². The minimum absolute atomic E-state index is 0.0205. The van der Waals surface area contributed by atoms with Gasteiger partial charge < -0.3 is 4.84 Å². The molecule has 0 bridgehead atoms. The van der Waals surface area contributed by atoms with Crippen molar-refractivity contribution >= 4 is 17.4 Å². The summed E-state index contributed by atoms with van der Waals surface area (Å²) in [6, 6.07) is 15.4. The van der Waals surface area contributed by atoms with E-state index in [1.807, 2.05) is 35.3 Å². The van der Waals surface area contributed by atoms with Crippen molar-refractivity contribution < 1.29 is 14.6 Å². The van der Waals surface area contributed by atoms with Gasteiger partial charge in [-0.1, -0.05) is 35.5 Å². The molecule has 1 fully saturated rings. The Bertz CT molecular complexity index is 851. The molecule has 2 aromatic rings. The molecular weight excluding hydrogens is 324 g/mol. The number of fused-ring (bicyclic) bond motifs is 1. The molecule has 2 aliphatic rings. The van der Waals surface area contributed by atoms with E-state index in [1.54, 1.807) is 12.1 Å². The molecule has 0 radical (unpaired) electrons. The van der Waals surface area contributed by atoms with E-state index in [9.17, 15) is 14.9 Å². The molecule has 4 rings (SSSR count). The lowest BCUT2D eigenvalue weighted by atomic mass is 10.1. The molecule has 1 saturated heterocycles. The van der Waals surface area contributed by atoms with Crippen LogP contribution in [0.4, 0.5) is 5.69 Å². The molecule has 8 nitrogen and oxygen atoms in total. The summed E-state index contributed by atoms with van der Waals surface area (Å²) in [7, 11) is 0. The number of hydrogen-bond acceptors (Lipinski definition) is 6. The summed E-state index contributed by atoms with van der Waals surface area (Å²) in [4.78, 5) is 28.4. The van der Waals surface area contributed by atoms with Crippen LogP contribution in [-0.4, -0.2) is 33.2 Å². The van der Waals surface area contributed by atoms with Crippen LogP contribution >= 0.6 is 0 Å². The summed E-state index contributed by atoms with van der Waals surface area (Å²) in [6.45, 7) is 0.518.